The van der Waals surface area contributed by atoms with Crippen molar-refractivity contribution < 1.29 is 19.1 Å². The molecule has 0 saturated heterocycles. The average molecular weight is 347 g/mol. The van der Waals surface area contributed by atoms with E-state index < -0.39 is 5.97 Å². The molecular formula is C17H15ClN2O4. The quantitative estimate of drug-likeness (QED) is 0.898. The van der Waals surface area contributed by atoms with E-state index in [1.807, 2.05) is 12.1 Å². The molecule has 1 atom stereocenters. The third kappa shape index (κ3) is 3.49. The van der Waals surface area contributed by atoms with Gasteiger partial charge in [-0.25, -0.2) is 5.01 Å². The van der Waals surface area contributed by atoms with E-state index in [-0.39, 0.29) is 24.8 Å². The van der Waals surface area contributed by atoms with Gasteiger partial charge in [0.15, 0.2) is 0 Å². The van der Waals surface area contributed by atoms with E-state index in [0.29, 0.717) is 22.9 Å². The van der Waals surface area contributed by atoms with Crippen LogP contribution in [0, 0.1) is 0 Å². The number of carboxylic acids is 1. The van der Waals surface area contributed by atoms with Gasteiger partial charge in [0.1, 0.15) is 11.5 Å². The SMILES string of the molecule is O=C(O)CCC(=O)N1N=C(c2ccco2)C[C@@H]1c1ccc(Cl)cc1. The van der Waals surface area contributed by atoms with Gasteiger partial charge in [-0.2, -0.15) is 5.10 Å². The van der Waals surface area contributed by atoms with Crippen molar-refractivity contribution in [2.45, 2.75) is 25.3 Å². The molecule has 6 nitrogen and oxygen atoms in total. The lowest BCUT2D eigenvalue weighted by atomic mass is 10.0. The molecule has 3 rings (SSSR count). The molecular weight excluding hydrogens is 332 g/mol. The number of rotatable bonds is 5. The second-order valence-corrected chi connectivity index (χ2v) is 5.86. The van der Waals surface area contributed by atoms with Crippen LogP contribution in [-0.4, -0.2) is 27.7 Å². The molecule has 1 aliphatic rings. The highest BCUT2D eigenvalue weighted by Crippen LogP contribution is 2.34. The maximum absolute atomic E-state index is 12.4. The second-order valence-electron chi connectivity index (χ2n) is 5.43. The van der Waals surface area contributed by atoms with E-state index in [0.717, 1.165) is 5.56 Å². The Labute approximate surface area is 143 Å². The number of amides is 1. The van der Waals surface area contributed by atoms with Crippen molar-refractivity contribution in [3.05, 3.63) is 59.0 Å². The Morgan fingerprint density at radius 1 is 1.25 bits per heavy atom. The van der Waals surface area contributed by atoms with Crippen LogP contribution in [0.1, 0.15) is 36.6 Å². The molecule has 1 aromatic carbocycles. The third-order valence-electron chi connectivity index (χ3n) is 3.78. The first-order valence-corrected chi connectivity index (χ1v) is 7.83. The molecule has 1 N–H and O–H groups in total. The highest BCUT2D eigenvalue weighted by molar-refractivity contribution is 6.30. The molecule has 1 amide bonds. The minimum absolute atomic E-state index is 0.103. The molecule has 0 bridgehead atoms. The van der Waals surface area contributed by atoms with Crippen LogP contribution in [0.5, 0.6) is 0 Å². The third-order valence-corrected chi connectivity index (χ3v) is 4.03. The van der Waals surface area contributed by atoms with Crippen LogP contribution in [0.15, 0.2) is 52.2 Å². The molecule has 0 saturated carbocycles. The molecule has 0 unspecified atom stereocenters. The van der Waals surface area contributed by atoms with Gasteiger partial charge < -0.3 is 9.52 Å². The second kappa shape index (κ2) is 6.88. The Hall–Kier alpha value is -2.60. The van der Waals surface area contributed by atoms with Crippen molar-refractivity contribution in [2.75, 3.05) is 0 Å². The molecule has 2 aromatic rings. The number of hydrogen-bond acceptors (Lipinski definition) is 4. The van der Waals surface area contributed by atoms with E-state index in [4.69, 9.17) is 21.1 Å². The predicted octanol–water partition coefficient (Wildman–Crippen LogP) is 3.48. The Bertz CT molecular complexity index is 768. The lowest BCUT2D eigenvalue weighted by Crippen LogP contribution is -2.27. The summed E-state index contributed by atoms with van der Waals surface area (Å²) in [6.07, 6.45) is 1.71. The van der Waals surface area contributed by atoms with Crippen molar-refractivity contribution in [2.24, 2.45) is 5.10 Å². The Kier molecular flexibility index (Phi) is 4.66. The topological polar surface area (TPSA) is 83.1 Å². The zero-order chi connectivity index (χ0) is 17.1. The highest BCUT2D eigenvalue weighted by atomic mass is 35.5. The molecule has 0 radical (unpaired) electrons. The van der Waals surface area contributed by atoms with Crippen molar-refractivity contribution in [1.82, 2.24) is 5.01 Å². The van der Waals surface area contributed by atoms with Crippen molar-refractivity contribution >= 4 is 29.2 Å². The van der Waals surface area contributed by atoms with Crippen LogP contribution in [0.2, 0.25) is 5.02 Å². The minimum atomic E-state index is -1.01. The van der Waals surface area contributed by atoms with Gasteiger partial charge in [-0.3, -0.25) is 9.59 Å². The van der Waals surface area contributed by atoms with Crippen LogP contribution < -0.4 is 0 Å². The van der Waals surface area contributed by atoms with Gasteiger partial charge in [0.25, 0.3) is 0 Å². The largest absolute Gasteiger partial charge is 0.481 e. The number of hydrogen-bond donors (Lipinski definition) is 1. The van der Waals surface area contributed by atoms with Crippen molar-refractivity contribution in [3.8, 4) is 0 Å². The normalized spacial score (nSPS) is 17.0. The molecule has 24 heavy (non-hydrogen) atoms. The highest BCUT2D eigenvalue weighted by Gasteiger charge is 2.33. The fourth-order valence-electron chi connectivity index (χ4n) is 2.60. The maximum Gasteiger partial charge on any atom is 0.303 e. The zero-order valence-corrected chi connectivity index (χ0v) is 13.4. The van der Waals surface area contributed by atoms with E-state index in [2.05, 4.69) is 5.10 Å². The van der Waals surface area contributed by atoms with Gasteiger partial charge in [-0.1, -0.05) is 23.7 Å². The van der Waals surface area contributed by atoms with Crippen LogP contribution in [-0.2, 0) is 9.59 Å². The predicted molar refractivity (Wildman–Crippen MR) is 87.8 cm³/mol. The fraction of sp³-hybridized carbons (Fsp3) is 0.235. The molecule has 2 heterocycles. The van der Waals surface area contributed by atoms with Gasteiger partial charge >= 0.3 is 5.97 Å². The standard InChI is InChI=1S/C17H15ClN2O4/c18-12-5-3-11(4-6-12)14-10-13(15-2-1-9-24-15)19-20(14)16(21)7-8-17(22)23/h1-6,9,14H,7-8,10H2,(H,22,23)/t14-/m1/s1. The molecule has 1 aromatic heterocycles. The summed E-state index contributed by atoms with van der Waals surface area (Å²) < 4.78 is 5.36. The zero-order valence-electron chi connectivity index (χ0n) is 12.7. The number of carbonyl (C=O) groups excluding carboxylic acids is 1. The first-order valence-electron chi connectivity index (χ1n) is 7.45. The first kappa shape index (κ1) is 16.3. The summed E-state index contributed by atoms with van der Waals surface area (Å²) >= 11 is 5.92. The number of carboxylic acid groups (broad SMARTS) is 1. The number of halogens is 1. The molecule has 0 aliphatic carbocycles. The van der Waals surface area contributed by atoms with Gasteiger partial charge in [-0.15, -0.1) is 0 Å². The van der Waals surface area contributed by atoms with Crippen LogP contribution in [0.4, 0.5) is 0 Å². The van der Waals surface area contributed by atoms with E-state index in [9.17, 15) is 9.59 Å². The number of carbonyl (C=O) groups is 2. The summed E-state index contributed by atoms with van der Waals surface area (Å²) in [5, 5.41) is 15.1. The first-order chi connectivity index (χ1) is 11.5. The van der Waals surface area contributed by atoms with Gasteiger partial charge in [-0.05, 0) is 29.8 Å². The minimum Gasteiger partial charge on any atom is -0.481 e. The Morgan fingerprint density at radius 2 is 2.00 bits per heavy atom. The lowest BCUT2D eigenvalue weighted by molar-refractivity contribution is -0.141. The van der Waals surface area contributed by atoms with Crippen LogP contribution in [0.25, 0.3) is 0 Å². The number of nitrogens with zero attached hydrogens (tertiary/aromatic N) is 2. The average Bonchev–Trinajstić information content (AvgIpc) is 3.22. The summed E-state index contributed by atoms with van der Waals surface area (Å²) in [4.78, 5) is 23.1. The summed E-state index contributed by atoms with van der Waals surface area (Å²) in [5.74, 6) is -0.748. The van der Waals surface area contributed by atoms with Gasteiger partial charge in [0.05, 0.1) is 18.7 Å². The fourth-order valence-corrected chi connectivity index (χ4v) is 2.73. The van der Waals surface area contributed by atoms with Crippen molar-refractivity contribution in [1.29, 1.82) is 0 Å². The van der Waals surface area contributed by atoms with Gasteiger partial charge in [0, 0.05) is 17.9 Å². The molecule has 7 heteroatoms. The number of aliphatic carboxylic acids is 1. The summed E-state index contributed by atoms with van der Waals surface area (Å²) in [7, 11) is 0. The number of benzene rings is 1. The number of hydrazone groups is 1. The monoisotopic (exact) mass is 346 g/mol. The molecule has 124 valence electrons. The van der Waals surface area contributed by atoms with Crippen LogP contribution >= 0.6 is 11.6 Å². The van der Waals surface area contributed by atoms with Crippen molar-refractivity contribution in [3.63, 3.8) is 0 Å². The summed E-state index contributed by atoms with van der Waals surface area (Å²) in [5.41, 5.74) is 1.54. The molecule has 0 fully saturated rings. The molecule has 0 spiro atoms. The number of furan rings is 1. The Balaban J connectivity index is 1.87. The van der Waals surface area contributed by atoms with E-state index in [1.165, 1.54) is 5.01 Å². The van der Waals surface area contributed by atoms with Crippen LogP contribution in [0.3, 0.4) is 0 Å². The summed E-state index contributed by atoms with van der Waals surface area (Å²) in [6.45, 7) is 0. The van der Waals surface area contributed by atoms with E-state index >= 15 is 0 Å². The van der Waals surface area contributed by atoms with E-state index in [1.54, 1.807) is 30.5 Å². The smallest absolute Gasteiger partial charge is 0.303 e. The Morgan fingerprint density at radius 3 is 2.62 bits per heavy atom. The summed E-state index contributed by atoms with van der Waals surface area (Å²) in [6, 6.07) is 10.4. The maximum atomic E-state index is 12.4. The van der Waals surface area contributed by atoms with Gasteiger partial charge in [0.2, 0.25) is 5.91 Å². The molecule has 1 aliphatic heterocycles. The lowest BCUT2D eigenvalue weighted by Gasteiger charge is -2.21.